The molecule has 0 saturated heterocycles. The molecule has 7 heteroatoms. The van der Waals surface area contributed by atoms with E-state index < -0.39 is 0 Å². The molecule has 2 aromatic carbocycles. The molecule has 0 aliphatic rings. The Morgan fingerprint density at radius 3 is 2.39 bits per heavy atom. The SMILES string of the molecule is CN=C(NCCc1ccc(NC(C)=O)cc1)NCC(C)Oc1ccc(F)cc1. The van der Waals surface area contributed by atoms with Crippen LogP contribution in [0.4, 0.5) is 10.1 Å². The van der Waals surface area contributed by atoms with E-state index in [-0.39, 0.29) is 17.8 Å². The maximum atomic E-state index is 12.9. The Bertz CT molecular complexity index is 776. The molecule has 0 aliphatic heterocycles. The van der Waals surface area contributed by atoms with E-state index in [1.165, 1.54) is 19.1 Å². The average molecular weight is 386 g/mol. The van der Waals surface area contributed by atoms with Gasteiger partial charge in [-0.05, 0) is 55.3 Å². The topological polar surface area (TPSA) is 74.8 Å². The van der Waals surface area contributed by atoms with E-state index in [0.29, 0.717) is 24.8 Å². The van der Waals surface area contributed by atoms with Crippen molar-refractivity contribution in [2.45, 2.75) is 26.4 Å². The monoisotopic (exact) mass is 386 g/mol. The summed E-state index contributed by atoms with van der Waals surface area (Å²) in [4.78, 5) is 15.2. The van der Waals surface area contributed by atoms with Gasteiger partial charge in [0.05, 0.1) is 6.54 Å². The number of hydrogen-bond acceptors (Lipinski definition) is 3. The van der Waals surface area contributed by atoms with Crippen LogP contribution in [0.25, 0.3) is 0 Å². The van der Waals surface area contributed by atoms with E-state index in [0.717, 1.165) is 17.7 Å². The number of aliphatic imine (C=N–C) groups is 1. The zero-order valence-corrected chi connectivity index (χ0v) is 16.5. The van der Waals surface area contributed by atoms with E-state index >= 15 is 0 Å². The van der Waals surface area contributed by atoms with E-state index in [1.54, 1.807) is 19.2 Å². The van der Waals surface area contributed by atoms with Crippen LogP contribution in [0.1, 0.15) is 19.4 Å². The number of guanidine groups is 1. The number of rotatable bonds is 8. The third kappa shape index (κ3) is 7.65. The zero-order chi connectivity index (χ0) is 20.4. The Morgan fingerprint density at radius 1 is 1.11 bits per heavy atom. The molecule has 1 unspecified atom stereocenters. The van der Waals surface area contributed by atoms with Crippen molar-refractivity contribution in [1.29, 1.82) is 0 Å². The van der Waals surface area contributed by atoms with E-state index in [2.05, 4.69) is 20.9 Å². The number of nitrogens with zero attached hydrogens (tertiary/aromatic N) is 1. The molecule has 0 saturated carbocycles. The summed E-state index contributed by atoms with van der Waals surface area (Å²) in [5.41, 5.74) is 1.95. The van der Waals surface area contributed by atoms with Crippen molar-refractivity contribution in [3.05, 3.63) is 59.9 Å². The lowest BCUT2D eigenvalue weighted by atomic mass is 10.1. The highest BCUT2D eigenvalue weighted by Gasteiger charge is 2.06. The molecule has 3 N–H and O–H groups in total. The van der Waals surface area contributed by atoms with E-state index in [4.69, 9.17) is 4.74 Å². The lowest BCUT2D eigenvalue weighted by molar-refractivity contribution is -0.114. The van der Waals surface area contributed by atoms with Crippen molar-refractivity contribution < 1.29 is 13.9 Å². The van der Waals surface area contributed by atoms with Crippen molar-refractivity contribution in [1.82, 2.24) is 10.6 Å². The van der Waals surface area contributed by atoms with Gasteiger partial charge >= 0.3 is 0 Å². The van der Waals surface area contributed by atoms with Crippen LogP contribution >= 0.6 is 0 Å². The molecule has 0 heterocycles. The Morgan fingerprint density at radius 2 is 1.79 bits per heavy atom. The van der Waals surface area contributed by atoms with Crippen LogP contribution in [0.3, 0.4) is 0 Å². The number of carbonyl (C=O) groups is 1. The normalized spacial score (nSPS) is 12.2. The maximum Gasteiger partial charge on any atom is 0.221 e. The van der Waals surface area contributed by atoms with Gasteiger partial charge in [0.25, 0.3) is 0 Å². The molecule has 1 atom stereocenters. The summed E-state index contributed by atoms with van der Waals surface area (Å²) in [5, 5.41) is 9.21. The first kappa shape index (κ1) is 21.2. The molecular weight excluding hydrogens is 359 g/mol. The van der Waals surface area contributed by atoms with Gasteiger partial charge < -0.3 is 20.7 Å². The molecule has 0 bridgehead atoms. The fraction of sp³-hybridized carbons (Fsp3) is 0.333. The van der Waals surface area contributed by atoms with Gasteiger partial charge in [-0.15, -0.1) is 0 Å². The molecule has 2 aromatic rings. The molecule has 0 spiro atoms. The van der Waals surface area contributed by atoms with Crippen LogP contribution in [-0.2, 0) is 11.2 Å². The van der Waals surface area contributed by atoms with Crippen molar-refractivity contribution in [3.8, 4) is 5.75 Å². The largest absolute Gasteiger partial charge is 0.489 e. The number of amides is 1. The molecular formula is C21H27FN4O2. The van der Waals surface area contributed by atoms with Crippen molar-refractivity contribution in [2.24, 2.45) is 4.99 Å². The Kier molecular flexibility index (Phi) is 8.27. The molecule has 0 radical (unpaired) electrons. The third-order valence-electron chi connectivity index (χ3n) is 3.91. The van der Waals surface area contributed by atoms with Crippen LogP contribution in [0.15, 0.2) is 53.5 Å². The molecule has 0 fully saturated rings. The van der Waals surface area contributed by atoms with Gasteiger partial charge in [-0.3, -0.25) is 9.79 Å². The Hall–Kier alpha value is -3.09. The summed E-state index contributed by atoms with van der Waals surface area (Å²) < 4.78 is 18.7. The predicted octanol–water partition coefficient (Wildman–Crippen LogP) is 2.96. The highest BCUT2D eigenvalue weighted by atomic mass is 19.1. The standard InChI is InChI=1S/C21H27FN4O2/c1-15(28-20-10-6-18(22)7-11-20)14-25-21(23-3)24-13-12-17-4-8-19(9-5-17)26-16(2)27/h4-11,15H,12-14H2,1-3H3,(H,26,27)(H2,23,24,25). The van der Waals surface area contributed by atoms with Gasteiger partial charge in [-0.25, -0.2) is 4.39 Å². The first-order valence-corrected chi connectivity index (χ1v) is 9.19. The highest BCUT2D eigenvalue weighted by Crippen LogP contribution is 2.12. The summed E-state index contributed by atoms with van der Waals surface area (Å²) in [6.45, 7) is 4.69. The molecule has 6 nitrogen and oxygen atoms in total. The quantitative estimate of drug-likeness (QED) is 0.482. The van der Waals surface area contributed by atoms with Crippen LogP contribution in [0, 0.1) is 5.82 Å². The van der Waals surface area contributed by atoms with Crippen molar-refractivity contribution in [2.75, 3.05) is 25.5 Å². The van der Waals surface area contributed by atoms with Gasteiger partial charge in [0.15, 0.2) is 5.96 Å². The minimum atomic E-state index is -0.285. The summed E-state index contributed by atoms with van der Waals surface area (Å²) in [6, 6.07) is 13.7. The lowest BCUT2D eigenvalue weighted by Gasteiger charge is -2.17. The molecule has 1 amide bonds. The number of hydrogen-bond donors (Lipinski definition) is 3. The second kappa shape index (κ2) is 10.9. The molecule has 0 aromatic heterocycles. The van der Waals surface area contributed by atoms with Gasteiger partial charge in [-0.1, -0.05) is 12.1 Å². The molecule has 28 heavy (non-hydrogen) atoms. The molecule has 0 aliphatic carbocycles. The van der Waals surface area contributed by atoms with Gasteiger partial charge in [-0.2, -0.15) is 0 Å². The molecule has 2 rings (SSSR count). The number of nitrogens with one attached hydrogen (secondary N) is 3. The van der Waals surface area contributed by atoms with E-state index in [9.17, 15) is 9.18 Å². The molecule has 150 valence electrons. The minimum Gasteiger partial charge on any atom is -0.489 e. The maximum absolute atomic E-state index is 12.9. The van der Waals surface area contributed by atoms with Crippen LogP contribution in [-0.4, -0.2) is 38.1 Å². The lowest BCUT2D eigenvalue weighted by Crippen LogP contribution is -2.42. The third-order valence-corrected chi connectivity index (χ3v) is 3.91. The number of benzene rings is 2. The highest BCUT2D eigenvalue weighted by molar-refractivity contribution is 5.88. The number of ether oxygens (including phenoxy) is 1. The number of anilines is 1. The minimum absolute atomic E-state index is 0.0815. The van der Waals surface area contributed by atoms with Gasteiger partial charge in [0.1, 0.15) is 17.7 Å². The summed E-state index contributed by atoms with van der Waals surface area (Å²) in [7, 11) is 1.71. The summed E-state index contributed by atoms with van der Waals surface area (Å²) >= 11 is 0. The van der Waals surface area contributed by atoms with E-state index in [1.807, 2.05) is 31.2 Å². The van der Waals surface area contributed by atoms with Crippen molar-refractivity contribution in [3.63, 3.8) is 0 Å². The van der Waals surface area contributed by atoms with Gasteiger partial charge in [0.2, 0.25) is 5.91 Å². The number of carbonyl (C=O) groups excluding carboxylic acids is 1. The van der Waals surface area contributed by atoms with Crippen LogP contribution in [0.2, 0.25) is 0 Å². The summed E-state index contributed by atoms with van der Waals surface area (Å²) in [5.74, 6) is 0.945. The van der Waals surface area contributed by atoms with Crippen LogP contribution < -0.4 is 20.7 Å². The second-order valence-electron chi connectivity index (χ2n) is 6.39. The average Bonchev–Trinajstić information content (AvgIpc) is 2.67. The van der Waals surface area contributed by atoms with Gasteiger partial charge in [0, 0.05) is 26.2 Å². The first-order valence-electron chi connectivity index (χ1n) is 9.19. The first-order chi connectivity index (χ1) is 13.5. The fourth-order valence-electron chi connectivity index (χ4n) is 2.53. The smallest absolute Gasteiger partial charge is 0.221 e. The second-order valence-corrected chi connectivity index (χ2v) is 6.39. The van der Waals surface area contributed by atoms with Crippen LogP contribution in [0.5, 0.6) is 5.75 Å². The predicted molar refractivity (Wildman–Crippen MR) is 110 cm³/mol. The van der Waals surface area contributed by atoms with Crippen molar-refractivity contribution >= 4 is 17.6 Å². The number of halogens is 1. The fourth-order valence-corrected chi connectivity index (χ4v) is 2.53. The Labute approximate surface area is 165 Å². The zero-order valence-electron chi connectivity index (χ0n) is 16.5. The Balaban J connectivity index is 1.70. The summed E-state index contributed by atoms with van der Waals surface area (Å²) in [6.07, 6.45) is 0.716.